The number of amides is 1. The molecule has 1 aliphatic heterocycles. The Kier molecular flexibility index (Phi) is 6.67. The number of nitrogens with zero attached hydrogens (tertiary/aromatic N) is 5. The predicted molar refractivity (Wildman–Crippen MR) is 112 cm³/mol. The Morgan fingerprint density at radius 2 is 2.11 bits per heavy atom. The van der Waals surface area contributed by atoms with Gasteiger partial charge in [-0.1, -0.05) is 6.92 Å². The zero-order valence-corrected chi connectivity index (χ0v) is 17.4. The summed E-state index contributed by atoms with van der Waals surface area (Å²) >= 11 is 0. The molecule has 1 fully saturated rings. The van der Waals surface area contributed by atoms with Crippen LogP contribution in [0.5, 0.6) is 0 Å². The SMILES string of the molecule is CC[C@@H]1CN(C(=O)c2ccc(NCCn3ccc(C)n3)nc2)CCN1C(C)C. The van der Waals surface area contributed by atoms with E-state index in [1.54, 1.807) is 6.20 Å². The number of hydrogen-bond acceptors (Lipinski definition) is 5. The molecule has 1 atom stereocenters. The molecule has 0 spiro atoms. The number of rotatable bonds is 7. The molecule has 0 aromatic carbocycles. The zero-order valence-electron chi connectivity index (χ0n) is 17.4. The first-order chi connectivity index (χ1) is 13.5. The highest BCUT2D eigenvalue weighted by Crippen LogP contribution is 2.18. The van der Waals surface area contributed by atoms with E-state index < -0.39 is 0 Å². The van der Waals surface area contributed by atoms with E-state index >= 15 is 0 Å². The zero-order chi connectivity index (χ0) is 20.1. The smallest absolute Gasteiger partial charge is 0.255 e. The van der Waals surface area contributed by atoms with Gasteiger partial charge in [0.2, 0.25) is 0 Å². The molecule has 0 unspecified atom stereocenters. The van der Waals surface area contributed by atoms with E-state index in [0.717, 1.165) is 50.7 Å². The molecule has 0 radical (unpaired) electrons. The summed E-state index contributed by atoms with van der Waals surface area (Å²) in [6, 6.07) is 6.68. The van der Waals surface area contributed by atoms with Crippen LogP contribution < -0.4 is 5.32 Å². The summed E-state index contributed by atoms with van der Waals surface area (Å²) in [5.74, 6) is 0.851. The Hall–Kier alpha value is -2.41. The first-order valence-electron chi connectivity index (χ1n) is 10.2. The largest absolute Gasteiger partial charge is 0.368 e. The van der Waals surface area contributed by atoms with Gasteiger partial charge in [0.1, 0.15) is 5.82 Å². The van der Waals surface area contributed by atoms with Gasteiger partial charge in [-0.15, -0.1) is 0 Å². The van der Waals surface area contributed by atoms with Gasteiger partial charge in [0.05, 0.1) is 17.8 Å². The van der Waals surface area contributed by atoms with Crippen LogP contribution in [0.1, 0.15) is 43.2 Å². The normalized spacial score (nSPS) is 17.9. The van der Waals surface area contributed by atoms with Crippen LogP contribution in [0.3, 0.4) is 0 Å². The maximum absolute atomic E-state index is 12.9. The fourth-order valence-electron chi connectivity index (χ4n) is 3.79. The summed E-state index contributed by atoms with van der Waals surface area (Å²) in [6.45, 7) is 12.6. The molecular formula is C21H32N6O. The molecule has 1 aliphatic rings. The van der Waals surface area contributed by atoms with Crippen LogP contribution in [0.15, 0.2) is 30.6 Å². The third-order valence-corrected chi connectivity index (χ3v) is 5.38. The molecule has 1 saturated heterocycles. The molecule has 1 amide bonds. The fraction of sp³-hybridized carbons (Fsp3) is 0.571. The van der Waals surface area contributed by atoms with Crippen LogP contribution in [-0.2, 0) is 6.54 Å². The summed E-state index contributed by atoms with van der Waals surface area (Å²) in [4.78, 5) is 21.8. The van der Waals surface area contributed by atoms with E-state index in [2.05, 4.69) is 41.1 Å². The lowest BCUT2D eigenvalue weighted by Gasteiger charge is -2.43. The van der Waals surface area contributed by atoms with E-state index in [9.17, 15) is 4.79 Å². The van der Waals surface area contributed by atoms with Crippen molar-refractivity contribution in [2.75, 3.05) is 31.5 Å². The van der Waals surface area contributed by atoms with E-state index in [0.29, 0.717) is 17.6 Å². The topological polar surface area (TPSA) is 66.3 Å². The van der Waals surface area contributed by atoms with Crippen LogP contribution in [-0.4, -0.2) is 68.7 Å². The summed E-state index contributed by atoms with van der Waals surface area (Å²) in [6.07, 6.45) is 4.70. The molecule has 2 aromatic rings. The number of hydrogen-bond donors (Lipinski definition) is 1. The highest BCUT2D eigenvalue weighted by atomic mass is 16.2. The number of carbonyl (C=O) groups excluding carboxylic acids is 1. The molecule has 0 bridgehead atoms. The van der Waals surface area contributed by atoms with E-state index in [1.165, 1.54) is 0 Å². The van der Waals surface area contributed by atoms with Gasteiger partial charge in [0.25, 0.3) is 5.91 Å². The van der Waals surface area contributed by atoms with Crippen molar-refractivity contribution in [3.05, 3.63) is 41.9 Å². The van der Waals surface area contributed by atoms with Gasteiger partial charge in [-0.25, -0.2) is 4.98 Å². The lowest BCUT2D eigenvalue weighted by Crippen LogP contribution is -2.56. The first kappa shape index (κ1) is 20.3. The average molecular weight is 385 g/mol. The fourth-order valence-corrected chi connectivity index (χ4v) is 3.79. The number of carbonyl (C=O) groups is 1. The highest BCUT2D eigenvalue weighted by Gasteiger charge is 2.30. The van der Waals surface area contributed by atoms with Gasteiger partial charge in [0.15, 0.2) is 0 Å². The van der Waals surface area contributed by atoms with E-state index in [-0.39, 0.29) is 5.91 Å². The lowest BCUT2D eigenvalue weighted by molar-refractivity contribution is 0.0371. The Bertz CT molecular complexity index is 769. The summed E-state index contributed by atoms with van der Waals surface area (Å²) in [5, 5.41) is 7.64. The molecule has 3 heterocycles. The van der Waals surface area contributed by atoms with Gasteiger partial charge < -0.3 is 10.2 Å². The number of aromatic nitrogens is 3. The van der Waals surface area contributed by atoms with Crippen LogP contribution in [0.4, 0.5) is 5.82 Å². The molecule has 7 heteroatoms. The molecule has 1 N–H and O–H groups in total. The minimum Gasteiger partial charge on any atom is -0.368 e. The van der Waals surface area contributed by atoms with Crippen molar-refractivity contribution in [2.24, 2.45) is 0 Å². The Morgan fingerprint density at radius 1 is 1.29 bits per heavy atom. The number of anilines is 1. The van der Waals surface area contributed by atoms with Crippen molar-refractivity contribution in [2.45, 2.75) is 52.7 Å². The minimum atomic E-state index is 0.0768. The molecule has 3 rings (SSSR count). The Labute approximate surface area is 167 Å². The minimum absolute atomic E-state index is 0.0768. The molecule has 7 nitrogen and oxygen atoms in total. The quantitative estimate of drug-likeness (QED) is 0.795. The Balaban J connectivity index is 1.53. The second-order valence-electron chi connectivity index (χ2n) is 7.72. The monoisotopic (exact) mass is 384 g/mol. The summed E-state index contributed by atoms with van der Waals surface area (Å²) in [5.41, 5.74) is 1.67. The Morgan fingerprint density at radius 3 is 2.71 bits per heavy atom. The molecular weight excluding hydrogens is 352 g/mol. The molecule has 28 heavy (non-hydrogen) atoms. The molecule has 0 aliphatic carbocycles. The number of piperazine rings is 1. The van der Waals surface area contributed by atoms with E-state index in [1.807, 2.05) is 40.9 Å². The van der Waals surface area contributed by atoms with Gasteiger partial charge >= 0.3 is 0 Å². The highest BCUT2D eigenvalue weighted by molar-refractivity contribution is 5.94. The van der Waals surface area contributed by atoms with Gasteiger partial charge in [-0.3, -0.25) is 14.4 Å². The van der Waals surface area contributed by atoms with Crippen molar-refractivity contribution in [3.8, 4) is 0 Å². The summed E-state index contributed by atoms with van der Waals surface area (Å²) in [7, 11) is 0. The third kappa shape index (κ3) is 4.90. The van der Waals surface area contributed by atoms with Gasteiger partial charge in [0, 0.05) is 50.7 Å². The maximum atomic E-state index is 12.9. The first-order valence-corrected chi connectivity index (χ1v) is 10.2. The second kappa shape index (κ2) is 9.19. The summed E-state index contributed by atoms with van der Waals surface area (Å²) < 4.78 is 1.90. The van der Waals surface area contributed by atoms with Gasteiger partial charge in [-0.05, 0) is 45.4 Å². The van der Waals surface area contributed by atoms with E-state index in [4.69, 9.17) is 0 Å². The predicted octanol–water partition coefficient (Wildman–Crippen LogP) is 2.64. The van der Waals surface area contributed by atoms with Crippen LogP contribution in [0, 0.1) is 6.92 Å². The number of nitrogens with one attached hydrogen (secondary N) is 1. The average Bonchev–Trinajstić information content (AvgIpc) is 3.12. The maximum Gasteiger partial charge on any atom is 0.255 e. The van der Waals surface area contributed by atoms with Crippen molar-refractivity contribution in [1.29, 1.82) is 0 Å². The number of aryl methyl sites for hydroxylation is 1. The molecule has 0 saturated carbocycles. The second-order valence-corrected chi connectivity index (χ2v) is 7.72. The van der Waals surface area contributed by atoms with Gasteiger partial charge in [-0.2, -0.15) is 5.10 Å². The standard InChI is InChI=1S/C21H32N6O/c1-5-19-15-25(12-13-27(19)16(2)3)21(28)18-6-7-20(23-14-18)22-9-11-26-10-8-17(4)24-26/h6-8,10,14,16,19H,5,9,11-13,15H2,1-4H3,(H,22,23)/t19-/m1/s1. The number of pyridine rings is 1. The van der Waals surface area contributed by atoms with Crippen molar-refractivity contribution in [3.63, 3.8) is 0 Å². The third-order valence-electron chi connectivity index (χ3n) is 5.38. The van der Waals surface area contributed by atoms with Crippen LogP contribution >= 0.6 is 0 Å². The van der Waals surface area contributed by atoms with Crippen molar-refractivity contribution >= 4 is 11.7 Å². The molecule has 152 valence electrons. The molecule has 2 aromatic heterocycles. The van der Waals surface area contributed by atoms with Crippen molar-refractivity contribution in [1.82, 2.24) is 24.6 Å². The lowest BCUT2D eigenvalue weighted by atomic mass is 10.1. The van der Waals surface area contributed by atoms with Crippen LogP contribution in [0.25, 0.3) is 0 Å². The van der Waals surface area contributed by atoms with Crippen molar-refractivity contribution < 1.29 is 4.79 Å². The van der Waals surface area contributed by atoms with Crippen LogP contribution in [0.2, 0.25) is 0 Å².